The van der Waals surface area contributed by atoms with Crippen LogP contribution in [-0.4, -0.2) is 21.6 Å². The lowest BCUT2D eigenvalue weighted by Gasteiger charge is -2.09. The molecule has 3 rings (SSSR count). The van der Waals surface area contributed by atoms with E-state index in [9.17, 15) is 9.59 Å². The molecule has 3 aromatic rings. The smallest absolute Gasteiger partial charge is 0.308 e. The zero-order valence-corrected chi connectivity index (χ0v) is 15.6. The van der Waals surface area contributed by atoms with Gasteiger partial charge in [-0.1, -0.05) is 42.5 Å². The van der Waals surface area contributed by atoms with Crippen LogP contribution in [0.3, 0.4) is 0 Å². The van der Waals surface area contributed by atoms with Gasteiger partial charge in [-0.2, -0.15) is 5.10 Å². The summed E-state index contributed by atoms with van der Waals surface area (Å²) in [6, 6.07) is 16.5. The van der Waals surface area contributed by atoms with Gasteiger partial charge in [-0.3, -0.25) is 9.48 Å². The Morgan fingerprint density at radius 2 is 1.74 bits per heavy atom. The summed E-state index contributed by atoms with van der Waals surface area (Å²) >= 11 is 0. The molecule has 1 heterocycles. The Hall–Kier alpha value is -3.41. The topological polar surface area (TPSA) is 76.0 Å². The largest absolute Gasteiger partial charge is 0.323 e. The molecule has 0 saturated carbocycles. The monoisotopic (exact) mass is 362 g/mol. The molecular weight excluding hydrogens is 340 g/mol. The first kappa shape index (κ1) is 18.4. The Labute approximate surface area is 158 Å². The third-order valence-corrected chi connectivity index (χ3v) is 4.32. The predicted octanol–water partition coefficient (Wildman–Crippen LogP) is 4.39. The van der Waals surface area contributed by atoms with E-state index in [-0.39, 0.29) is 11.8 Å². The van der Waals surface area contributed by atoms with Crippen molar-refractivity contribution in [2.45, 2.75) is 27.3 Å². The average molecular weight is 362 g/mol. The number of amides is 2. The van der Waals surface area contributed by atoms with Crippen LogP contribution in [0.5, 0.6) is 0 Å². The van der Waals surface area contributed by atoms with Gasteiger partial charge in [0, 0.05) is 11.3 Å². The van der Waals surface area contributed by atoms with Crippen molar-refractivity contribution < 1.29 is 9.59 Å². The summed E-state index contributed by atoms with van der Waals surface area (Å²) in [4.78, 5) is 23.9. The van der Waals surface area contributed by atoms with E-state index in [1.54, 1.807) is 24.3 Å². The Balaban J connectivity index is 1.73. The van der Waals surface area contributed by atoms with E-state index in [0.717, 1.165) is 17.0 Å². The second kappa shape index (κ2) is 7.86. The van der Waals surface area contributed by atoms with Crippen LogP contribution in [0, 0.1) is 13.8 Å². The minimum atomic E-state index is -0.374. The fraction of sp³-hybridized carbons (Fsp3) is 0.190. The van der Waals surface area contributed by atoms with Crippen molar-refractivity contribution in [1.29, 1.82) is 0 Å². The standard InChI is InChI=1S/C21H22N4O2/c1-14-20(15(2)25(24-14)13-17-8-5-4-6-9-17)23-21(27)22-19-11-7-10-18(12-19)16(3)26/h4-12H,13H2,1-3H3,(H2,22,23,27). The molecule has 0 bridgehead atoms. The number of aryl methyl sites for hydroxylation is 1. The number of Topliss-reactive ketones (excluding diaryl/α,β-unsaturated/α-hetero) is 1. The Morgan fingerprint density at radius 3 is 2.44 bits per heavy atom. The molecule has 6 heteroatoms. The van der Waals surface area contributed by atoms with Gasteiger partial charge in [0.25, 0.3) is 0 Å². The van der Waals surface area contributed by atoms with Crippen LogP contribution in [0.25, 0.3) is 0 Å². The summed E-state index contributed by atoms with van der Waals surface area (Å²) < 4.78 is 1.87. The summed E-state index contributed by atoms with van der Waals surface area (Å²) in [5.74, 6) is -0.0482. The van der Waals surface area contributed by atoms with E-state index in [2.05, 4.69) is 15.7 Å². The number of hydrogen-bond donors (Lipinski definition) is 2. The maximum atomic E-state index is 12.4. The number of benzene rings is 2. The van der Waals surface area contributed by atoms with Gasteiger partial charge in [0.2, 0.25) is 0 Å². The number of carbonyl (C=O) groups excluding carboxylic acids is 2. The third-order valence-electron chi connectivity index (χ3n) is 4.32. The molecule has 1 aromatic heterocycles. The van der Waals surface area contributed by atoms with Crippen LogP contribution in [0.4, 0.5) is 16.2 Å². The molecule has 0 atom stereocenters. The number of anilines is 2. The van der Waals surface area contributed by atoms with E-state index in [1.165, 1.54) is 6.92 Å². The summed E-state index contributed by atoms with van der Waals surface area (Å²) in [6.07, 6.45) is 0. The first-order valence-corrected chi connectivity index (χ1v) is 8.71. The van der Waals surface area contributed by atoms with E-state index in [1.807, 2.05) is 48.9 Å². The Bertz CT molecular complexity index is 977. The van der Waals surface area contributed by atoms with Crippen molar-refractivity contribution in [3.8, 4) is 0 Å². The van der Waals surface area contributed by atoms with E-state index in [4.69, 9.17) is 0 Å². The lowest BCUT2D eigenvalue weighted by molar-refractivity contribution is 0.101. The molecule has 0 aliphatic carbocycles. The van der Waals surface area contributed by atoms with Gasteiger partial charge >= 0.3 is 6.03 Å². The maximum absolute atomic E-state index is 12.4. The van der Waals surface area contributed by atoms with E-state index >= 15 is 0 Å². The van der Waals surface area contributed by atoms with Crippen LogP contribution in [-0.2, 0) is 6.54 Å². The van der Waals surface area contributed by atoms with Gasteiger partial charge in [0.1, 0.15) is 0 Å². The van der Waals surface area contributed by atoms with Crippen LogP contribution < -0.4 is 10.6 Å². The number of rotatable bonds is 5. The zero-order valence-electron chi connectivity index (χ0n) is 15.6. The molecule has 0 aliphatic heterocycles. The van der Waals surface area contributed by atoms with Gasteiger partial charge in [0.15, 0.2) is 5.78 Å². The molecule has 0 aliphatic rings. The van der Waals surface area contributed by atoms with Crippen molar-refractivity contribution in [2.75, 3.05) is 10.6 Å². The first-order chi connectivity index (χ1) is 12.9. The van der Waals surface area contributed by atoms with Gasteiger partial charge in [-0.25, -0.2) is 4.79 Å². The highest BCUT2D eigenvalue weighted by Crippen LogP contribution is 2.21. The molecule has 0 saturated heterocycles. The molecule has 0 fully saturated rings. The average Bonchev–Trinajstić information content (AvgIpc) is 2.90. The lowest BCUT2D eigenvalue weighted by atomic mass is 10.1. The predicted molar refractivity (Wildman–Crippen MR) is 106 cm³/mol. The number of urea groups is 1. The van der Waals surface area contributed by atoms with Gasteiger partial charge in [0.05, 0.1) is 23.6 Å². The second-order valence-corrected chi connectivity index (χ2v) is 6.41. The van der Waals surface area contributed by atoms with Crippen molar-refractivity contribution in [1.82, 2.24) is 9.78 Å². The van der Waals surface area contributed by atoms with Crippen LogP contribution in [0.2, 0.25) is 0 Å². The fourth-order valence-electron chi connectivity index (χ4n) is 2.88. The number of ketones is 1. The van der Waals surface area contributed by atoms with Crippen LogP contribution in [0.1, 0.15) is 34.2 Å². The highest BCUT2D eigenvalue weighted by molar-refractivity contribution is 6.01. The van der Waals surface area contributed by atoms with E-state index in [0.29, 0.717) is 23.5 Å². The lowest BCUT2D eigenvalue weighted by Crippen LogP contribution is -2.20. The normalized spacial score (nSPS) is 10.5. The van der Waals surface area contributed by atoms with Crippen molar-refractivity contribution in [2.24, 2.45) is 0 Å². The molecular formula is C21H22N4O2. The molecule has 2 aromatic carbocycles. The minimum Gasteiger partial charge on any atom is -0.308 e. The van der Waals surface area contributed by atoms with Crippen molar-refractivity contribution in [3.05, 3.63) is 77.1 Å². The van der Waals surface area contributed by atoms with Crippen molar-refractivity contribution >= 4 is 23.2 Å². The van der Waals surface area contributed by atoms with Gasteiger partial charge in [-0.15, -0.1) is 0 Å². The van der Waals surface area contributed by atoms with E-state index < -0.39 is 0 Å². The third kappa shape index (κ3) is 4.41. The van der Waals surface area contributed by atoms with Crippen molar-refractivity contribution in [3.63, 3.8) is 0 Å². The number of carbonyl (C=O) groups is 2. The summed E-state index contributed by atoms with van der Waals surface area (Å²) in [7, 11) is 0. The van der Waals surface area contributed by atoms with Gasteiger partial charge < -0.3 is 10.6 Å². The maximum Gasteiger partial charge on any atom is 0.323 e. The molecule has 0 radical (unpaired) electrons. The number of aromatic nitrogens is 2. The molecule has 6 nitrogen and oxygen atoms in total. The molecule has 0 spiro atoms. The Morgan fingerprint density at radius 1 is 1.00 bits per heavy atom. The first-order valence-electron chi connectivity index (χ1n) is 8.71. The SMILES string of the molecule is CC(=O)c1cccc(NC(=O)Nc2c(C)nn(Cc3ccccc3)c2C)c1. The zero-order chi connectivity index (χ0) is 19.4. The minimum absolute atomic E-state index is 0.0482. The van der Waals surface area contributed by atoms with Gasteiger partial charge in [-0.05, 0) is 38.5 Å². The molecule has 2 N–H and O–H groups in total. The number of nitrogens with one attached hydrogen (secondary N) is 2. The molecule has 0 unspecified atom stereocenters. The Kier molecular flexibility index (Phi) is 5.35. The second-order valence-electron chi connectivity index (χ2n) is 6.41. The fourth-order valence-corrected chi connectivity index (χ4v) is 2.88. The van der Waals surface area contributed by atoms with Crippen LogP contribution in [0.15, 0.2) is 54.6 Å². The molecule has 27 heavy (non-hydrogen) atoms. The number of nitrogens with zero attached hydrogens (tertiary/aromatic N) is 2. The molecule has 2 amide bonds. The highest BCUT2D eigenvalue weighted by Gasteiger charge is 2.14. The summed E-state index contributed by atoms with van der Waals surface area (Å²) in [5, 5.41) is 10.2. The number of hydrogen-bond acceptors (Lipinski definition) is 3. The van der Waals surface area contributed by atoms with Crippen LogP contribution >= 0.6 is 0 Å². The summed E-state index contributed by atoms with van der Waals surface area (Å²) in [5.41, 5.74) is 4.56. The summed E-state index contributed by atoms with van der Waals surface area (Å²) in [6.45, 7) is 5.92. The quantitative estimate of drug-likeness (QED) is 0.661. The molecule has 138 valence electrons. The highest BCUT2D eigenvalue weighted by atomic mass is 16.2.